The minimum Gasteiger partial charge on any atom is -0.481 e. The van der Waals surface area contributed by atoms with Crippen molar-refractivity contribution < 1.29 is 24.2 Å². The molecule has 1 aromatic carbocycles. The molecule has 1 fully saturated rings. The molecule has 0 aliphatic carbocycles. The van der Waals surface area contributed by atoms with Crippen LogP contribution in [0.3, 0.4) is 0 Å². The summed E-state index contributed by atoms with van der Waals surface area (Å²) in [4.78, 5) is 24.7. The largest absolute Gasteiger partial charge is 0.481 e. The van der Waals surface area contributed by atoms with Gasteiger partial charge in [0.05, 0.1) is 12.1 Å². The Bertz CT molecular complexity index is 676. The van der Waals surface area contributed by atoms with Gasteiger partial charge < -0.3 is 15.1 Å². The van der Waals surface area contributed by atoms with E-state index in [1.807, 2.05) is 11.0 Å². The molecule has 2 N–H and O–H groups in total. The highest BCUT2D eigenvalue weighted by Gasteiger charge is 2.25. The first-order chi connectivity index (χ1) is 13.5. The van der Waals surface area contributed by atoms with Gasteiger partial charge in [0.15, 0.2) is 0 Å². The lowest BCUT2D eigenvalue weighted by Gasteiger charge is -2.34. The number of rotatable bonds is 11. The van der Waals surface area contributed by atoms with E-state index in [0.717, 1.165) is 32.1 Å². The molecule has 0 saturated carbocycles. The molecule has 1 aromatic rings. The highest BCUT2D eigenvalue weighted by Crippen LogP contribution is 2.21. The summed E-state index contributed by atoms with van der Waals surface area (Å²) in [6.45, 7) is 0.643. The van der Waals surface area contributed by atoms with Crippen LogP contribution in [0, 0.1) is 5.82 Å². The summed E-state index contributed by atoms with van der Waals surface area (Å²) in [7, 11) is 0. The molecule has 1 amide bonds. The second-order valence-electron chi connectivity index (χ2n) is 7.35. The SMILES string of the molecule is O=C(O)CCCCCCN1C(=O)CCC[C@@H]1/C=C/C(O)Cc1ccccc1F. The number of benzene rings is 1. The quantitative estimate of drug-likeness (QED) is 0.445. The van der Waals surface area contributed by atoms with Crippen LogP contribution in [0.2, 0.25) is 0 Å². The van der Waals surface area contributed by atoms with Crippen LogP contribution in [0.25, 0.3) is 0 Å². The number of aliphatic hydroxyl groups excluding tert-OH is 1. The predicted octanol–water partition coefficient (Wildman–Crippen LogP) is 3.70. The number of carbonyl (C=O) groups is 2. The Balaban J connectivity index is 1.83. The summed E-state index contributed by atoms with van der Waals surface area (Å²) in [5.74, 6) is -0.979. The van der Waals surface area contributed by atoms with Crippen molar-refractivity contribution >= 4 is 11.9 Å². The summed E-state index contributed by atoms with van der Waals surface area (Å²) < 4.78 is 13.7. The van der Waals surface area contributed by atoms with Crippen molar-refractivity contribution in [3.63, 3.8) is 0 Å². The van der Waals surface area contributed by atoms with E-state index in [1.165, 1.54) is 6.07 Å². The van der Waals surface area contributed by atoms with Crippen molar-refractivity contribution in [2.24, 2.45) is 0 Å². The maximum Gasteiger partial charge on any atom is 0.303 e. The lowest BCUT2D eigenvalue weighted by Crippen LogP contribution is -2.43. The number of halogens is 1. The zero-order valence-corrected chi connectivity index (χ0v) is 16.2. The van der Waals surface area contributed by atoms with Gasteiger partial charge in [0.2, 0.25) is 5.91 Å². The van der Waals surface area contributed by atoms with Crippen LogP contribution in [0.5, 0.6) is 0 Å². The zero-order chi connectivity index (χ0) is 20.4. The summed E-state index contributed by atoms with van der Waals surface area (Å²) >= 11 is 0. The standard InChI is InChI=1S/C22H30FNO4/c23-20-10-5-4-8-17(20)16-19(25)14-13-18-9-7-11-21(26)24(18)15-6-2-1-3-12-22(27)28/h4-5,8,10,13-14,18-19,25H,1-3,6-7,9,11-12,15-16H2,(H,27,28)/b14-13+/t18-,19?/m1/s1. The molecule has 2 atom stereocenters. The molecular formula is C22H30FNO4. The Hall–Kier alpha value is -2.21. The Morgan fingerprint density at radius 3 is 2.75 bits per heavy atom. The molecule has 1 aliphatic rings. The molecule has 0 bridgehead atoms. The summed E-state index contributed by atoms with van der Waals surface area (Å²) in [5, 5.41) is 18.9. The fourth-order valence-corrected chi connectivity index (χ4v) is 3.56. The molecule has 154 valence electrons. The molecule has 1 heterocycles. The number of hydrogen-bond donors (Lipinski definition) is 2. The maximum atomic E-state index is 13.7. The van der Waals surface area contributed by atoms with Crippen molar-refractivity contribution in [2.75, 3.05) is 6.54 Å². The highest BCUT2D eigenvalue weighted by atomic mass is 19.1. The number of nitrogens with zero attached hydrogens (tertiary/aromatic N) is 1. The molecular weight excluding hydrogens is 361 g/mol. The third-order valence-electron chi connectivity index (χ3n) is 5.09. The number of carbonyl (C=O) groups excluding carboxylic acids is 1. The van der Waals surface area contributed by atoms with Crippen LogP contribution in [-0.2, 0) is 16.0 Å². The summed E-state index contributed by atoms with van der Waals surface area (Å²) in [6, 6.07) is 6.36. The molecule has 1 unspecified atom stereocenters. The topological polar surface area (TPSA) is 77.8 Å². The highest BCUT2D eigenvalue weighted by molar-refractivity contribution is 5.77. The van der Waals surface area contributed by atoms with Gasteiger partial charge in [0.25, 0.3) is 0 Å². The Kier molecular flexibility index (Phi) is 9.14. The number of carboxylic acids is 1. The fraction of sp³-hybridized carbons (Fsp3) is 0.545. The average Bonchev–Trinajstić information content (AvgIpc) is 2.66. The molecule has 0 radical (unpaired) electrons. The Morgan fingerprint density at radius 2 is 2.00 bits per heavy atom. The van der Waals surface area contributed by atoms with Gasteiger partial charge in [0, 0.05) is 25.8 Å². The lowest BCUT2D eigenvalue weighted by atomic mass is 9.99. The average molecular weight is 391 g/mol. The molecule has 2 rings (SSSR count). The second kappa shape index (κ2) is 11.6. The van der Waals surface area contributed by atoms with Crippen LogP contribution in [-0.4, -0.2) is 45.7 Å². The zero-order valence-electron chi connectivity index (χ0n) is 16.2. The van der Waals surface area contributed by atoms with Crippen molar-refractivity contribution in [2.45, 2.75) is 69.9 Å². The number of aliphatic carboxylic acids is 1. The van der Waals surface area contributed by atoms with Gasteiger partial charge in [-0.2, -0.15) is 0 Å². The van der Waals surface area contributed by atoms with Crippen molar-refractivity contribution in [1.29, 1.82) is 0 Å². The number of likely N-dealkylation sites (tertiary alicyclic amines) is 1. The molecule has 5 nitrogen and oxygen atoms in total. The Labute approximate surface area is 165 Å². The van der Waals surface area contributed by atoms with Crippen molar-refractivity contribution in [3.8, 4) is 0 Å². The van der Waals surface area contributed by atoms with Crippen molar-refractivity contribution in [1.82, 2.24) is 4.90 Å². The number of unbranched alkanes of at least 4 members (excludes halogenated alkanes) is 3. The normalized spacial score (nSPS) is 18.6. The first-order valence-corrected chi connectivity index (χ1v) is 10.1. The van der Waals surface area contributed by atoms with E-state index in [-0.39, 0.29) is 30.6 Å². The molecule has 1 aliphatic heterocycles. The fourth-order valence-electron chi connectivity index (χ4n) is 3.56. The Morgan fingerprint density at radius 1 is 1.25 bits per heavy atom. The molecule has 0 aromatic heterocycles. The van der Waals surface area contributed by atoms with E-state index in [2.05, 4.69) is 0 Å². The summed E-state index contributed by atoms with van der Waals surface area (Å²) in [5.41, 5.74) is 0.470. The maximum absolute atomic E-state index is 13.7. The minimum atomic E-state index is -0.799. The van der Waals surface area contributed by atoms with E-state index in [4.69, 9.17) is 5.11 Å². The first kappa shape index (κ1) is 22.1. The molecule has 28 heavy (non-hydrogen) atoms. The van der Waals surface area contributed by atoms with Crippen molar-refractivity contribution in [3.05, 3.63) is 47.8 Å². The van der Waals surface area contributed by atoms with Crippen LogP contribution in [0.1, 0.15) is 56.9 Å². The van der Waals surface area contributed by atoms with Gasteiger partial charge in [-0.3, -0.25) is 9.59 Å². The third kappa shape index (κ3) is 7.43. The number of amides is 1. The van der Waals surface area contributed by atoms with Crippen LogP contribution in [0.15, 0.2) is 36.4 Å². The minimum absolute atomic E-state index is 0.0458. The van der Waals surface area contributed by atoms with Crippen LogP contribution < -0.4 is 0 Å². The second-order valence-corrected chi connectivity index (χ2v) is 7.35. The monoisotopic (exact) mass is 391 g/mol. The van der Waals surface area contributed by atoms with Gasteiger partial charge in [-0.05, 0) is 37.3 Å². The molecule has 1 saturated heterocycles. The first-order valence-electron chi connectivity index (χ1n) is 10.1. The van der Waals surface area contributed by atoms with E-state index < -0.39 is 12.1 Å². The number of aliphatic hydroxyl groups is 1. The number of carboxylic acid groups (broad SMARTS) is 1. The van der Waals surface area contributed by atoms with E-state index in [9.17, 15) is 19.1 Å². The lowest BCUT2D eigenvalue weighted by molar-refractivity contribution is -0.137. The van der Waals surface area contributed by atoms with E-state index >= 15 is 0 Å². The smallest absolute Gasteiger partial charge is 0.303 e. The summed E-state index contributed by atoms with van der Waals surface area (Å²) in [6.07, 6.45) is 8.58. The van der Waals surface area contributed by atoms with Gasteiger partial charge in [-0.1, -0.05) is 43.2 Å². The predicted molar refractivity (Wildman–Crippen MR) is 105 cm³/mol. The van der Waals surface area contributed by atoms with Crippen LogP contribution >= 0.6 is 0 Å². The van der Waals surface area contributed by atoms with Gasteiger partial charge in [0.1, 0.15) is 5.82 Å². The van der Waals surface area contributed by atoms with Gasteiger partial charge >= 0.3 is 5.97 Å². The molecule has 6 heteroatoms. The third-order valence-corrected chi connectivity index (χ3v) is 5.09. The number of piperidine rings is 1. The van der Waals surface area contributed by atoms with Crippen LogP contribution in [0.4, 0.5) is 4.39 Å². The van der Waals surface area contributed by atoms with E-state index in [1.54, 1.807) is 24.3 Å². The van der Waals surface area contributed by atoms with Gasteiger partial charge in [-0.15, -0.1) is 0 Å². The van der Waals surface area contributed by atoms with Gasteiger partial charge in [-0.25, -0.2) is 4.39 Å². The molecule has 0 spiro atoms. The van der Waals surface area contributed by atoms with E-state index in [0.29, 0.717) is 24.9 Å². The number of hydrogen-bond acceptors (Lipinski definition) is 3.